The molecule has 2 aliphatic rings. The average molecular weight is 230 g/mol. The molecule has 2 heteroatoms. The zero-order valence-corrected chi connectivity index (χ0v) is 10.2. The summed E-state index contributed by atoms with van der Waals surface area (Å²) >= 11 is 0. The third-order valence-corrected chi connectivity index (χ3v) is 4.31. The van der Waals surface area contributed by atoms with Crippen LogP contribution in [0, 0.1) is 5.41 Å². The molecule has 90 valence electrons. The van der Waals surface area contributed by atoms with Crippen LogP contribution in [-0.2, 0) is 16.0 Å². The number of carbonyl (C=O) groups is 1. The van der Waals surface area contributed by atoms with Gasteiger partial charge in [0, 0.05) is 0 Å². The predicted octanol–water partition coefficient (Wildman–Crippen LogP) is 3.06. The van der Waals surface area contributed by atoms with Crippen LogP contribution in [0.25, 0.3) is 0 Å². The molecule has 0 bridgehead atoms. The van der Waals surface area contributed by atoms with E-state index >= 15 is 0 Å². The Morgan fingerprint density at radius 2 is 2.29 bits per heavy atom. The Balaban J connectivity index is 1.77. The summed E-state index contributed by atoms with van der Waals surface area (Å²) in [5.74, 6) is 0.589. The molecule has 2 nitrogen and oxygen atoms in total. The number of ether oxygens (including phenoxy) is 1. The molecule has 0 radical (unpaired) electrons. The highest BCUT2D eigenvalue weighted by Gasteiger charge is 2.57. The monoisotopic (exact) mass is 230 g/mol. The molecule has 0 saturated heterocycles. The highest BCUT2D eigenvalue weighted by Crippen LogP contribution is 2.67. The first kappa shape index (κ1) is 10.8. The zero-order chi connectivity index (χ0) is 11.9. The quantitative estimate of drug-likeness (QED) is 0.746. The number of rotatable bonds is 3. The lowest BCUT2D eigenvalue weighted by atomic mass is 9.82. The molecule has 1 fully saturated rings. The van der Waals surface area contributed by atoms with Gasteiger partial charge in [0.1, 0.15) is 0 Å². The minimum Gasteiger partial charge on any atom is -0.466 e. The van der Waals surface area contributed by atoms with Gasteiger partial charge in [0.2, 0.25) is 0 Å². The van der Waals surface area contributed by atoms with Crippen molar-refractivity contribution in [3.63, 3.8) is 0 Å². The van der Waals surface area contributed by atoms with E-state index in [0.29, 0.717) is 18.9 Å². The highest BCUT2D eigenvalue weighted by molar-refractivity contribution is 5.71. The Hall–Kier alpha value is -1.31. The van der Waals surface area contributed by atoms with E-state index < -0.39 is 0 Å². The molecule has 0 aromatic heterocycles. The Morgan fingerprint density at radius 3 is 3.12 bits per heavy atom. The van der Waals surface area contributed by atoms with Crippen molar-refractivity contribution in [2.45, 2.75) is 38.5 Å². The van der Waals surface area contributed by atoms with E-state index in [1.165, 1.54) is 17.5 Å². The molecule has 0 amide bonds. The van der Waals surface area contributed by atoms with Crippen LogP contribution in [0.4, 0.5) is 0 Å². The maximum atomic E-state index is 11.6. The first-order chi connectivity index (χ1) is 8.25. The Kier molecular flexibility index (Phi) is 2.46. The topological polar surface area (TPSA) is 26.3 Å². The predicted molar refractivity (Wildman–Crippen MR) is 65.8 cm³/mol. The van der Waals surface area contributed by atoms with E-state index in [1.807, 2.05) is 6.92 Å². The molecule has 2 aliphatic carbocycles. The minimum absolute atomic E-state index is 0.0191. The number of carbonyl (C=O) groups excluding carboxylic acids is 1. The van der Waals surface area contributed by atoms with Gasteiger partial charge in [-0.2, -0.15) is 0 Å². The zero-order valence-electron chi connectivity index (χ0n) is 10.2. The van der Waals surface area contributed by atoms with Crippen LogP contribution in [0.1, 0.15) is 43.2 Å². The van der Waals surface area contributed by atoms with E-state index in [9.17, 15) is 4.79 Å². The smallest absolute Gasteiger partial charge is 0.306 e. The Morgan fingerprint density at radius 1 is 1.47 bits per heavy atom. The molecule has 17 heavy (non-hydrogen) atoms. The van der Waals surface area contributed by atoms with Crippen molar-refractivity contribution in [2.75, 3.05) is 6.61 Å². The minimum atomic E-state index is -0.0191. The van der Waals surface area contributed by atoms with Crippen molar-refractivity contribution >= 4 is 5.97 Å². The summed E-state index contributed by atoms with van der Waals surface area (Å²) in [5, 5.41) is 0. The Labute approximate surface area is 102 Å². The molecule has 0 aliphatic heterocycles. The number of benzene rings is 1. The van der Waals surface area contributed by atoms with Crippen molar-refractivity contribution in [3.8, 4) is 0 Å². The van der Waals surface area contributed by atoms with Crippen molar-refractivity contribution < 1.29 is 9.53 Å². The lowest BCUT2D eigenvalue weighted by molar-refractivity contribution is -0.144. The summed E-state index contributed by atoms with van der Waals surface area (Å²) in [5.41, 5.74) is 3.19. The van der Waals surface area contributed by atoms with Crippen molar-refractivity contribution in [1.29, 1.82) is 0 Å². The van der Waals surface area contributed by atoms with Gasteiger partial charge in [0.15, 0.2) is 0 Å². The molecule has 1 aromatic carbocycles. The normalized spacial score (nSPS) is 29.1. The molecular formula is C15H18O2. The molecule has 0 N–H and O–H groups in total. The standard InChI is InChI=1S/C15H18O2/c1-2-17-14(16)10-15-8-7-11-5-3-4-6-12(11)13(15)9-15/h3-6,13H,2,7-10H2,1H3. The third-order valence-electron chi connectivity index (χ3n) is 4.31. The summed E-state index contributed by atoms with van der Waals surface area (Å²) < 4.78 is 5.09. The summed E-state index contributed by atoms with van der Waals surface area (Å²) in [4.78, 5) is 11.6. The van der Waals surface area contributed by atoms with Crippen molar-refractivity contribution in [2.24, 2.45) is 5.41 Å². The van der Waals surface area contributed by atoms with E-state index in [0.717, 1.165) is 12.8 Å². The van der Waals surface area contributed by atoms with Gasteiger partial charge in [-0.15, -0.1) is 0 Å². The van der Waals surface area contributed by atoms with Crippen LogP contribution in [-0.4, -0.2) is 12.6 Å². The molecule has 2 unspecified atom stereocenters. The van der Waals surface area contributed by atoms with Crippen molar-refractivity contribution in [3.05, 3.63) is 35.4 Å². The largest absolute Gasteiger partial charge is 0.466 e. The number of esters is 1. The third kappa shape index (κ3) is 1.76. The van der Waals surface area contributed by atoms with Gasteiger partial charge < -0.3 is 4.74 Å². The molecule has 0 heterocycles. The van der Waals surface area contributed by atoms with Crippen LogP contribution >= 0.6 is 0 Å². The summed E-state index contributed by atoms with van der Waals surface area (Å²) in [7, 11) is 0. The maximum Gasteiger partial charge on any atom is 0.306 e. The molecule has 1 saturated carbocycles. The van der Waals surface area contributed by atoms with Gasteiger partial charge in [0.25, 0.3) is 0 Å². The molecule has 0 spiro atoms. The fourth-order valence-corrected chi connectivity index (χ4v) is 3.33. The summed E-state index contributed by atoms with van der Waals surface area (Å²) in [6, 6.07) is 8.67. The number of aryl methyl sites for hydroxylation is 1. The van der Waals surface area contributed by atoms with E-state index in [4.69, 9.17) is 4.74 Å². The average Bonchev–Trinajstić information content (AvgIpc) is 3.04. The number of hydrogen-bond acceptors (Lipinski definition) is 2. The number of fused-ring (bicyclic) bond motifs is 3. The lowest BCUT2D eigenvalue weighted by Gasteiger charge is -2.23. The van der Waals surface area contributed by atoms with Crippen LogP contribution < -0.4 is 0 Å². The van der Waals surface area contributed by atoms with Gasteiger partial charge in [-0.1, -0.05) is 24.3 Å². The fraction of sp³-hybridized carbons (Fsp3) is 0.533. The lowest BCUT2D eigenvalue weighted by Crippen LogP contribution is -2.18. The second kappa shape index (κ2) is 3.86. The first-order valence-corrected chi connectivity index (χ1v) is 6.48. The van der Waals surface area contributed by atoms with Crippen LogP contribution in [0.3, 0.4) is 0 Å². The molecule has 3 rings (SSSR count). The fourth-order valence-electron chi connectivity index (χ4n) is 3.33. The molecule has 2 atom stereocenters. The van der Waals surface area contributed by atoms with Crippen LogP contribution in [0.5, 0.6) is 0 Å². The molecule has 1 aromatic rings. The van der Waals surface area contributed by atoms with Gasteiger partial charge in [0.05, 0.1) is 13.0 Å². The summed E-state index contributed by atoms with van der Waals surface area (Å²) in [6.07, 6.45) is 4.04. The SMILES string of the molecule is CCOC(=O)CC12CCc3ccccc3C1C2. The first-order valence-electron chi connectivity index (χ1n) is 6.48. The van der Waals surface area contributed by atoms with Gasteiger partial charge >= 0.3 is 5.97 Å². The second-order valence-electron chi connectivity index (χ2n) is 5.30. The van der Waals surface area contributed by atoms with Crippen LogP contribution in [0.2, 0.25) is 0 Å². The molecular weight excluding hydrogens is 212 g/mol. The highest BCUT2D eigenvalue weighted by atomic mass is 16.5. The van der Waals surface area contributed by atoms with Gasteiger partial charge in [-0.3, -0.25) is 4.79 Å². The number of hydrogen-bond donors (Lipinski definition) is 0. The summed E-state index contributed by atoms with van der Waals surface area (Å²) in [6.45, 7) is 2.37. The van der Waals surface area contributed by atoms with Gasteiger partial charge in [-0.25, -0.2) is 0 Å². The van der Waals surface area contributed by atoms with E-state index in [2.05, 4.69) is 24.3 Å². The van der Waals surface area contributed by atoms with E-state index in [-0.39, 0.29) is 11.4 Å². The second-order valence-corrected chi connectivity index (χ2v) is 5.30. The Bertz CT molecular complexity index is 452. The van der Waals surface area contributed by atoms with Crippen LogP contribution in [0.15, 0.2) is 24.3 Å². The van der Waals surface area contributed by atoms with Gasteiger partial charge in [-0.05, 0) is 48.6 Å². The maximum absolute atomic E-state index is 11.6. The van der Waals surface area contributed by atoms with E-state index in [1.54, 1.807) is 0 Å². The van der Waals surface area contributed by atoms with Crippen molar-refractivity contribution in [1.82, 2.24) is 0 Å².